The number of fused-ring (bicyclic) bond motifs is 6. The first-order valence-corrected chi connectivity index (χ1v) is 19.0. The molecule has 0 saturated carbocycles. The third-order valence-corrected chi connectivity index (χ3v) is 11.8. The molecule has 0 unspecified atom stereocenters. The van der Waals surface area contributed by atoms with Crippen molar-refractivity contribution in [2.45, 2.75) is 71.1 Å². The van der Waals surface area contributed by atoms with Crippen LogP contribution in [0.3, 0.4) is 0 Å². The largest absolute Gasteiger partial charge is 0.343 e. The molecule has 3 aliphatic rings. The summed E-state index contributed by atoms with van der Waals surface area (Å²) in [5.41, 5.74) is 9.74. The van der Waals surface area contributed by atoms with Crippen molar-refractivity contribution in [3.8, 4) is 0 Å². The van der Waals surface area contributed by atoms with Gasteiger partial charge in [-0.1, -0.05) is 104 Å². The minimum atomic E-state index is -0.244. The fourth-order valence-electron chi connectivity index (χ4n) is 8.53. The van der Waals surface area contributed by atoms with Gasteiger partial charge >= 0.3 is 0 Å². The Morgan fingerprint density at radius 1 is 0.860 bits per heavy atom. The summed E-state index contributed by atoms with van der Waals surface area (Å²) >= 11 is 8.37. The summed E-state index contributed by atoms with van der Waals surface area (Å²) in [6.07, 6.45) is 13.2. The van der Waals surface area contributed by atoms with Gasteiger partial charge in [0.2, 0.25) is 5.69 Å². The first-order chi connectivity index (χ1) is 24.2. The third kappa shape index (κ3) is 6.05. The number of allylic oxidation sites excluding steroid dienone is 8. The van der Waals surface area contributed by atoms with Crippen molar-refractivity contribution in [1.29, 1.82) is 0 Å². The van der Waals surface area contributed by atoms with E-state index in [-0.39, 0.29) is 10.8 Å². The predicted molar refractivity (Wildman–Crippen MR) is 211 cm³/mol. The second kappa shape index (κ2) is 14.2. The Morgan fingerprint density at radius 2 is 1.56 bits per heavy atom. The summed E-state index contributed by atoms with van der Waals surface area (Å²) in [5, 5.41) is 18.5. The fourth-order valence-corrected chi connectivity index (χ4v) is 9.21. The molecule has 2 aliphatic heterocycles. The van der Waals surface area contributed by atoms with Crippen molar-refractivity contribution in [2.24, 2.45) is 0 Å². The summed E-state index contributed by atoms with van der Waals surface area (Å²) < 4.78 is 7.25. The van der Waals surface area contributed by atoms with Crippen molar-refractivity contribution in [3.63, 3.8) is 0 Å². The van der Waals surface area contributed by atoms with Crippen LogP contribution in [0.1, 0.15) is 71.4 Å². The van der Waals surface area contributed by atoms with Gasteiger partial charge in [-0.25, -0.2) is 5.26 Å². The lowest BCUT2D eigenvalue weighted by atomic mass is 9.78. The minimum absolute atomic E-state index is 0.143. The average molecular weight is 706 g/mol. The van der Waals surface area contributed by atoms with Crippen LogP contribution >= 0.6 is 23.6 Å². The smallest absolute Gasteiger partial charge is 0.210 e. The van der Waals surface area contributed by atoms with Crippen LogP contribution in [0.5, 0.6) is 0 Å². The van der Waals surface area contributed by atoms with E-state index in [1.165, 1.54) is 66.6 Å². The lowest BCUT2D eigenvalue weighted by Crippen LogP contribution is -2.28. The monoisotopic (exact) mass is 705 g/mol. The fraction of sp³-hybridized carbons (Fsp3) is 0.326. The molecule has 0 spiro atoms. The Labute approximate surface area is 305 Å². The van der Waals surface area contributed by atoms with E-state index in [2.05, 4.69) is 146 Å². The molecule has 0 fully saturated rings. The molecule has 4 aromatic rings. The summed E-state index contributed by atoms with van der Waals surface area (Å²) in [6, 6.07) is 26.4. The van der Waals surface area contributed by atoms with E-state index in [1.807, 2.05) is 0 Å². The number of hydrogen-bond acceptors (Lipinski definition) is 5. The van der Waals surface area contributed by atoms with Gasteiger partial charge in [0.05, 0.1) is 5.41 Å². The van der Waals surface area contributed by atoms with Crippen LogP contribution < -0.4 is 4.90 Å². The Balaban J connectivity index is 1.24. The third-order valence-electron chi connectivity index (χ3n) is 10.8. The Kier molecular flexibility index (Phi) is 9.86. The standard InChI is InChI=1S/C43H45ClN2O3S/c1-6-26-45-35-22-18-29-12-7-9-16-33(29)39(35)42(2,3)37(45)24-20-31-14-11-15-32(41(31)44)21-25-38-43(4,5)40-34-17-10-8-13-30(34)19-23-36(40)46(38)27-28-50-49-48-47/h7-10,12-13,16-25H,6,11,14-15,26-28H2,1-5H3/p+1. The molecule has 0 amide bonds. The van der Waals surface area contributed by atoms with Crippen molar-refractivity contribution in [2.75, 3.05) is 23.7 Å². The molecule has 258 valence electrons. The van der Waals surface area contributed by atoms with Gasteiger partial charge in [-0.05, 0) is 89.6 Å². The molecule has 50 heavy (non-hydrogen) atoms. The minimum Gasteiger partial charge on any atom is -0.343 e. The van der Waals surface area contributed by atoms with Gasteiger partial charge in [-0.2, -0.15) is 4.58 Å². The summed E-state index contributed by atoms with van der Waals surface area (Å²) in [5.74, 6) is 0.607. The van der Waals surface area contributed by atoms with E-state index >= 15 is 0 Å². The highest BCUT2D eigenvalue weighted by atomic mass is 35.5. The molecule has 0 bridgehead atoms. The Bertz CT molecular complexity index is 2120. The van der Waals surface area contributed by atoms with Gasteiger partial charge in [0.15, 0.2) is 5.71 Å². The molecular weight excluding hydrogens is 660 g/mol. The zero-order valence-electron chi connectivity index (χ0n) is 29.6. The molecule has 0 radical (unpaired) electrons. The van der Waals surface area contributed by atoms with Crippen LogP contribution in [0, 0.1) is 0 Å². The number of benzene rings is 4. The number of rotatable bonds is 10. The van der Waals surface area contributed by atoms with Crippen molar-refractivity contribution < 1.29 is 19.2 Å². The second-order valence-electron chi connectivity index (χ2n) is 14.5. The molecule has 2 heterocycles. The van der Waals surface area contributed by atoms with Gasteiger partial charge in [-0.3, -0.25) is 0 Å². The number of anilines is 1. The highest BCUT2D eigenvalue weighted by Crippen LogP contribution is 2.51. The van der Waals surface area contributed by atoms with E-state index in [0.717, 1.165) is 49.3 Å². The molecular formula is C43H46ClN2O3S+. The van der Waals surface area contributed by atoms with E-state index < -0.39 is 0 Å². The van der Waals surface area contributed by atoms with E-state index in [0.29, 0.717) is 12.3 Å². The van der Waals surface area contributed by atoms with Gasteiger partial charge in [0.25, 0.3) is 0 Å². The number of nitrogens with zero attached hydrogens (tertiary/aromatic N) is 2. The van der Waals surface area contributed by atoms with Gasteiger partial charge < -0.3 is 4.90 Å². The van der Waals surface area contributed by atoms with Crippen LogP contribution in [0.15, 0.2) is 119 Å². The lowest BCUT2D eigenvalue weighted by molar-refractivity contribution is -0.437. The van der Waals surface area contributed by atoms with Crippen LogP contribution in [-0.4, -0.2) is 34.4 Å². The van der Waals surface area contributed by atoms with Gasteiger partial charge in [0, 0.05) is 70.3 Å². The highest BCUT2D eigenvalue weighted by Gasteiger charge is 2.45. The molecule has 5 nitrogen and oxygen atoms in total. The Morgan fingerprint density at radius 3 is 2.28 bits per heavy atom. The summed E-state index contributed by atoms with van der Waals surface area (Å²) in [4.78, 5) is 2.37. The quantitative estimate of drug-likeness (QED) is 0.0585. The van der Waals surface area contributed by atoms with E-state index in [4.69, 9.17) is 21.2 Å². The molecule has 0 saturated heterocycles. The maximum atomic E-state index is 8.68. The highest BCUT2D eigenvalue weighted by molar-refractivity contribution is 7.94. The normalized spacial score (nSPS) is 19.9. The van der Waals surface area contributed by atoms with Crippen LogP contribution in [0.4, 0.5) is 11.4 Å². The van der Waals surface area contributed by atoms with Crippen LogP contribution in [-0.2, 0) is 20.2 Å². The zero-order chi connectivity index (χ0) is 35.0. The SMILES string of the molecule is CCC[N+]1=C(/C=C/C2=C(Cl)C(=C/C=C3/N(CCSOOO)c4ccc5ccccc5c4C3(C)C)/CCC2)C(C)(C)c2c1ccc1ccccc21. The molecule has 7 heteroatoms. The van der Waals surface area contributed by atoms with Crippen LogP contribution in [0.25, 0.3) is 21.5 Å². The predicted octanol–water partition coefficient (Wildman–Crippen LogP) is 11.7. The lowest BCUT2D eigenvalue weighted by Gasteiger charge is -2.27. The molecule has 7 rings (SSSR count). The molecule has 1 aliphatic carbocycles. The van der Waals surface area contributed by atoms with Crippen molar-refractivity contribution >= 4 is 62.3 Å². The van der Waals surface area contributed by atoms with Crippen molar-refractivity contribution in [1.82, 2.24) is 0 Å². The molecule has 0 aromatic heterocycles. The number of hydrogen-bond donors (Lipinski definition) is 1. The first kappa shape index (κ1) is 34.8. The zero-order valence-corrected chi connectivity index (χ0v) is 31.2. The van der Waals surface area contributed by atoms with Crippen molar-refractivity contribution in [3.05, 3.63) is 130 Å². The van der Waals surface area contributed by atoms with E-state index in [9.17, 15) is 0 Å². The summed E-state index contributed by atoms with van der Waals surface area (Å²) in [6.45, 7) is 13.2. The number of halogens is 1. The van der Waals surface area contributed by atoms with Gasteiger partial charge in [0.1, 0.15) is 6.54 Å². The van der Waals surface area contributed by atoms with Gasteiger partial charge in [-0.15, -0.1) is 4.33 Å². The molecule has 0 atom stereocenters. The average Bonchev–Trinajstić information content (AvgIpc) is 3.47. The molecule has 1 N–H and O–H groups in total. The Hall–Kier alpha value is -3.65. The first-order valence-electron chi connectivity index (χ1n) is 17.7. The topological polar surface area (TPSA) is 44.9 Å². The maximum Gasteiger partial charge on any atom is 0.210 e. The molecule has 4 aromatic carbocycles. The summed E-state index contributed by atoms with van der Waals surface area (Å²) in [7, 11) is 0. The second-order valence-corrected chi connectivity index (χ2v) is 15.7. The van der Waals surface area contributed by atoms with Crippen LogP contribution in [0.2, 0.25) is 0 Å². The maximum absolute atomic E-state index is 8.68. The van der Waals surface area contributed by atoms with E-state index in [1.54, 1.807) is 0 Å².